The Hall–Kier alpha value is -3.48. The van der Waals surface area contributed by atoms with Crippen LogP contribution in [0.15, 0.2) is 48.8 Å². The molecule has 0 bridgehead atoms. The number of carbonyl (C=O) groups is 1. The smallest absolute Gasteiger partial charge is 0.257 e. The Morgan fingerprint density at radius 2 is 2.04 bits per heavy atom. The van der Waals surface area contributed by atoms with Crippen LogP contribution >= 0.6 is 0 Å². The van der Waals surface area contributed by atoms with Crippen LogP contribution in [0.25, 0.3) is 11.4 Å². The molecule has 1 amide bonds. The summed E-state index contributed by atoms with van der Waals surface area (Å²) in [5, 5.41) is 14.2. The number of nitrogens with one attached hydrogen (secondary N) is 1. The molecule has 0 aliphatic carbocycles. The predicted octanol–water partition coefficient (Wildman–Crippen LogP) is 2.13. The molecule has 0 spiro atoms. The van der Waals surface area contributed by atoms with E-state index in [4.69, 9.17) is 4.74 Å². The summed E-state index contributed by atoms with van der Waals surface area (Å²) in [6, 6.07) is 11.0. The fraction of sp³-hybridized carbons (Fsp3) is 0.238. The Morgan fingerprint density at radius 3 is 2.79 bits per heavy atom. The molecular weight excluding hydrogens is 356 g/mol. The minimum atomic E-state index is -0.303. The standard InChI is InChI=1S/C21H20N4O3/c1-13-9-14(2)24-20(23-13)18-7-3-5-15-10-17(28-19(15)18)11-22-21(26)16-6-4-8-25(27)12-16/h3-9,12,17H,10-11H2,1-2H3,(H,22,26)/t17-/m0/s1. The van der Waals surface area contributed by atoms with Gasteiger partial charge in [-0.25, -0.2) is 9.97 Å². The summed E-state index contributed by atoms with van der Waals surface area (Å²) < 4.78 is 6.72. The number of carbonyl (C=O) groups excluding carboxylic acids is 1. The Bertz CT molecular complexity index is 1030. The molecule has 4 rings (SSSR count). The highest BCUT2D eigenvalue weighted by Crippen LogP contribution is 2.37. The van der Waals surface area contributed by atoms with Crippen molar-refractivity contribution in [3.8, 4) is 17.1 Å². The second kappa shape index (κ2) is 7.26. The Kier molecular flexibility index (Phi) is 4.65. The second-order valence-corrected chi connectivity index (χ2v) is 6.87. The lowest BCUT2D eigenvalue weighted by atomic mass is 10.1. The minimum absolute atomic E-state index is 0.186. The van der Waals surface area contributed by atoms with Gasteiger partial charge in [-0.05, 0) is 37.6 Å². The number of hydrogen-bond donors (Lipinski definition) is 1. The lowest BCUT2D eigenvalue weighted by Gasteiger charge is -2.13. The largest absolute Gasteiger partial charge is 0.619 e. The SMILES string of the molecule is Cc1cc(C)nc(-c2cccc3c2O[C@H](CNC(=O)c2ccc[n+]([O-])c2)C3)n1. The van der Waals surface area contributed by atoms with E-state index < -0.39 is 0 Å². The molecule has 0 saturated carbocycles. The monoisotopic (exact) mass is 376 g/mol. The minimum Gasteiger partial charge on any atom is -0.619 e. The Labute approximate surface area is 162 Å². The van der Waals surface area contributed by atoms with E-state index in [2.05, 4.69) is 15.3 Å². The van der Waals surface area contributed by atoms with Gasteiger partial charge in [-0.15, -0.1) is 0 Å². The fourth-order valence-electron chi connectivity index (χ4n) is 3.37. The van der Waals surface area contributed by atoms with Crippen molar-refractivity contribution in [2.45, 2.75) is 26.4 Å². The maximum Gasteiger partial charge on any atom is 0.257 e. The van der Waals surface area contributed by atoms with Crippen LogP contribution in [0.3, 0.4) is 0 Å². The highest BCUT2D eigenvalue weighted by atomic mass is 16.5. The summed E-state index contributed by atoms with van der Waals surface area (Å²) in [6.45, 7) is 4.22. The van der Waals surface area contributed by atoms with Crippen molar-refractivity contribution in [1.82, 2.24) is 15.3 Å². The number of aryl methyl sites for hydroxylation is 2. The fourth-order valence-corrected chi connectivity index (χ4v) is 3.37. The predicted molar refractivity (Wildman–Crippen MR) is 103 cm³/mol. The van der Waals surface area contributed by atoms with E-state index in [-0.39, 0.29) is 12.0 Å². The first-order valence-electron chi connectivity index (χ1n) is 9.08. The molecule has 1 atom stereocenters. The zero-order chi connectivity index (χ0) is 19.7. The number of hydrogen-bond acceptors (Lipinski definition) is 5. The van der Waals surface area contributed by atoms with E-state index in [1.165, 1.54) is 12.4 Å². The van der Waals surface area contributed by atoms with E-state index in [0.29, 0.717) is 29.1 Å². The summed E-state index contributed by atoms with van der Waals surface area (Å²) in [5.41, 5.74) is 4.04. The number of para-hydroxylation sites is 1. The lowest BCUT2D eigenvalue weighted by molar-refractivity contribution is -0.605. The lowest BCUT2D eigenvalue weighted by Crippen LogP contribution is -2.36. The van der Waals surface area contributed by atoms with Gasteiger partial charge in [0.05, 0.1) is 12.1 Å². The van der Waals surface area contributed by atoms with Crippen LogP contribution < -0.4 is 14.8 Å². The molecule has 1 aliphatic heterocycles. The van der Waals surface area contributed by atoms with Crippen LogP contribution in [0, 0.1) is 19.1 Å². The molecule has 0 saturated heterocycles. The van der Waals surface area contributed by atoms with E-state index in [1.807, 2.05) is 38.1 Å². The van der Waals surface area contributed by atoms with Gasteiger partial charge in [-0.2, -0.15) is 4.73 Å². The molecule has 28 heavy (non-hydrogen) atoms. The quantitative estimate of drug-likeness (QED) is 0.556. The van der Waals surface area contributed by atoms with Crippen LogP contribution in [-0.2, 0) is 6.42 Å². The third-order valence-electron chi connectivity index (χ3n) is 4.58. The molecule has 142 valence electrons. The van der Waals surface area contributed by atoms with Crippen molar-refractivity contribution in [2.75, 3.05) is 6.54 Å². The molecule has 0 radical (unpaired) electrons. The third kappa shape index (κ3) is 3.64. The zero-order valence-electron chi connectivity index (χ0n) is 15.7. The van der Waals surface area contributed by atoms with Gasteiger partial charge in [0.2, 0.25) is 0 Å². The Morgan fingerprint density at radius 1 is 1.25 bits per heavy atom. The van der Waals surface area contributed by atoms with Gasteiger partial charge in [0.25, 0.3) is 5.91 Å². The van der Waals surface area contributed by atoms with Gasteiger partial charge in [-0.1, -0.05) is 12.1 Å². The van der Waals surface area contributed by atoms with Crippen LogP contribution in [0.4, 0.5) is 0 Å². The molecule has 3 heterocycles. The molecular formula is C21H20N4O3. The average molecular weight is 376 g/mol. The molecule has 1 aromatic carbocycles. The number of rotatable bonds is 4. The molecule has 0 unspecified atom stereocenters. The number of nitrogens with zero attached hydrogens (tertiary/aromatic N) is 3. The van der Waals surface area contributed by atoms with Crippen LogP contribution in [0.2, 0.25) is 0 Å². The van der Waals surface area contributed by atoms with E-state index in [1.54, 1.807) is 12.1 Å². The number of pyridine rings is 1. The molecule has 0 fully saturated rings. The van der Waals surface area contributed by atoms with Crippen LogP contribution in [-0.4, -0.2) is 28.5 Å². The topological polar surface area (TPSA) is 91.0 Å². The average Bonchev–Trinajstić information content (AvgIpc) is 3.08. The number of benzene rings is 1. The second-order valence-electron chi connectivity index (χ2n) is 6.87. The maximum absolute atomic E-state index is 12.3. The zero-order valence-corrected chi connectivity index (χ0v) is 15.7. The van der Waals surface area contributed by atoms with Crippen molar-refractivity contribution in [3.05, 3.63) is 76.5 Å². The van der Waals surface area contributed by atoms with Gasteiger partial charge < -0.3 is 15.3 Å². The van der Waals surface area contributed by atoms with Gasteiger partial charge in [-0.3, -0.25) is 4.79 Å². The van der Waals surface area contributed by atoms with Crippen LogP contribution in [0.1, 0.15) is 27.3 Å². The summed E-state index contributed by atoms with van der Waals surface area (Å²) in [4.78, 5) is 21.3. The van der Waals surface area contributed by atoms with Crippen molar-refractivity contribution in [3.63, 3.8) is 0 Å². The molecule has 3 aromatic rings. The molecule has 7 heteroatoms. The van der Waals surface area contributed by atoms with Crippen molar-refractivity contribution in [1.29, 1.82) is 0 Å². The van der Waals surface area contributed by atoms with Crippen molar-refractivity contribution < 1.29 is 14.3 Å². The number of fused-ring (bicyclic) bond motifs is 1. The van der Waals surface area contributed by atoms with E-state index >= 15 is 0 Å². The summed E-state index contributed by atoms with van der Waals surface area (Å²) >= 11 is 0. The first-order valence-corrected chi connectivity index (χ1v) is 9.08. The van der Waals surface area contributed by atoms with Gasteiger partial charge in [0.15, 0.2) is 18.2 Å². The number of ether oxygens (including phenoxy) is 1. The molecule has 1 aliphatic rings. The summed E-state index contributed by atoms with van der Waals surface area (Å²) in [7, 11) is 0. The normalized spacial score (nSPS) is 15.0. The maximum atomic E-state index is 12.3. The van der Waals surface area contributed by atoms with Gasteiger partial charge >= 0.3 is 0 Å². The summed E-state index contributed by atoms with van der Waals surface area (Å²) in [6.07, 6.45) is 3.08. The van der Waals surface area contributed by atoms with Gasteiger partial charge in [0.1, 0.15) is 17.4 Å². The number of amides is 1. The van der Waals surface area contributed by atoms with E-state index in [9.17, 15) is 10.0 Å². The highest BCUT2D eigenvalue weighted by Gasteiger charge is 2.27. The number of aromatic nitrogens is 3. The van der Waals surface area contributed by atoms with Crippen molar-refractivity contribution >= 4 is 5.91 Å². The van der Waals surface area contributed by atoms with Crippen molar-refractivity contribution in [2.24, 2.45) is 0 Å². The molecule has 2 aromatic heterocycles. The highest BCUT2D eigenvalue weighted by molar-refractivity contribution is 5.93. The van der Waals surface area contributed by atoms with Crippen LogP contribution in [0.5, 0.6) is 5.75 Å². The summed E-state index contributed by atoms with van der Waals surface area (Å²) in [5.74, 6) is 1.11. The first-order chi connectivity index (χ1) is 13.5. The first kappa shape index (κ1) is 17.9. The Balaban J connectivity index is 1.49. The van der Waals surface area contributed by atoms with Gasteiger partial charge in [0, 0.05) is 23.9 Å². The third-order valence-corrected chi connectivity index (χ3v) is 4.58. The molecule has 1 N–H and O–H groups in total. The molecule has 7 nitrogen and oxygen atoms in total. The van der Waals surface area contributed by atoms with E-state index in [0.717, 1.165) is 28.3 Å².